The summed E-state index contributed by atoms with van der Waals surface area (Å²) in [4.78, 5) is 12.3. The zero-order valence-corrected chi connectivity index (χ0v) is 10.2. The van der Waals surface area contributed by atoms with Gasteiger partial charge in [-0.05, 0) is 0 Å². The van der Waals surface area contributed by atoms with Crippen LogP contribution in [0.15, 0.2) is 48.5 Å². The van der Waals surface area contributed by atoms with E-state index in [1.54, 1.807) is 0 Å². The molecule has 0 heterocycles. The minimum absolute atomic E-state index is 0.101. The number of hydrogen-bond donors (Lipinski definition) is 0. The van der Waals surface area contributed by atoms with E-state index >= 15 is 0 Å². The Morgan fingerprint density at radius 3 is 2.35 bits per heavy atom. The highest BCUT2D eigenvalue weighted by Crippen LogP contribution is 2.07. The number of benzene rings is 2. The first-order valence-corrected chi connectivity index (χ1v) is 5.91. The summed E-state index contributed by atoms with van der Waals surface area (Å²) < 4.78 is 0. The lowest BCUT2D eigenvalue weighted by atomic mass is 9.73. The van der Waals surface area contributed by atoms with Gasteiger partial charge >= 0.3 is 0 Å². The second kappa shape index (κ2) is 5.05. The zero-order valence-electron chi connectivity index (χ0n) is 10.2. The molecule has 0 unspecified atom stereocenters. The van der Waals surface area contributed by atoms with Gasteiger partial charge in [-0.1, -0.05) is 66.3 Å². The monoisotopic (exact) mass is 220 g/mol. The third-order valence-electron chi connectivity index (χ3n) is 2.88. The molecule has 2 aromatic carbocycles. The van der Waals surface area contributed by atoms with E-state index in [9.17, 15) is 4.79 Å². The molecule has 0 saturated heterocycles. The van der Waals surface area contributed by atoms with Gasteiger partial charge in [-0.15, -0.1) is 0 Å². The smallest absolute Gasteiger partial charge is 0.192 e. The van der Waals surface area contributed by atoms with Crippen molar-refractivity contribution in [3.05, 3.63) is 59.7 Å². The third-order valence-corrected chi connectivity index (χ3v) is 2.88. The molecule has 0 radical (unpaired) electrons. The van der Waals surface area contributed by atoms with Crippen LogP contribution in [0.1, 0.15) is 15.9 Å². The Balaban J connectivity index is 2.36. The number of rotatable bonds is 3. The van der Waals surface area contributed by atoms with Crippen molar-refractivity contribution in [3.63, 3.8) is 0 Å². The van der Waals surface area contributed by atoms with E-state index in [0.717, 1.165) is 23.9 Å². The highest BCUT2D eigenvalue weighted by Gasteiger charge is 2.08. The van der Waals surface area contributed by atoms with Gasteiger partial charge < -0.3 is 0 Å². The second-order valence-corrected chi connectivity index (χ2v) is 4.25. The molecule has 0 fully saturated rings. The molecule has 0 aliphatic heterocycles. The molecule has 0 N–H and O–H groups in total. The van der Waals surface area contributed by atoms with Crippen molar-refractivity contribution in [2.75, 3.05) is 0 Å². The zero-order chi connectivity index (χ0) is 12.3. The molecule has 0 atom stereocenters. The summed E-state index contributed by atoms with van der Waals surface area (Å²) in [7, 11) is 2.95. The third kappa shape index (κ3) is 2.68. The van der Waals surface area contributed by atoms with Crippen LogP contribution in [-0.4, -0.2) is 20.9 Å². The van der Waals surface area contributed by atoms with Crippen molar-refractivity contribution >= 4 is 31.8 Å². The molecule has 1 nitrogen and oxygen atoms in total. The van der Waals surface area contributed by atoms with Gasteiger partial charge in [-0.25, -0.2) is 0 Å². The summed E-state index contributed by atoms with van der Waals surface area (Å²) in [5.74, 6) is 0.101. The Hall–Kier alpha value is -1.76. The van der Waals surface area contributed by atoms with Crippen molar-refractivity contribution in [1.82, 2.24) is 0 Å². The maximum absolute atomic E-state index is 12.3. The lowest BCUT2D eigenvalue weighted by molar-refractivity contribution is 0.103. The van der Waals surface area contributed by atoms with Gasteiger partial charge in [-0.3, -0.25) is 4.79 Å². The summed E-state index contributed by atoms with van der Waals surface area (Å²) in [6, 6.07) is 15.6. The van der Waals surface area contributed by atoms with Crippen LogP contribution in [-0.2, 0) is 0 Å². The summed E-state index contributed by atoms with van der Waals surface area (Å²) in [5, 5.41) is 0. The van der Waals surface area contributed by atoms with Gasteiger partial charge in [0.25, 0.3) is 0 Å². The molecule has 3 heteroatoms. The maximum Gasteiger partial charge on any atom is 0.192 e. The van der Waals surface area contributed by atoms with Gasteiger partial charge in [0, 0.05) is 11.1 Å². The average molecular weight is 220 g/mol. The second-order valence-electron chi connectivity index (χ2n) is 4.25. The Morgan fingerprint density at radius 1 is 1.06 bits per heavy atom. The van der Waals surface area contributed by atoms with Crippen molar-refractivity contribution < 1.29 is 4.79 Å². The van der Waals surface area contributed by atoms with E-state index in [1.807, 2.05) is 56.4 Å². The largest absolute Gasteiger partial charge is 0.289 e. The molecule has 0 spiro atoms. The van der Waals surface area contributed by atoms with E-state index < -0.39 is 0 Å². The topological polar surface area (TPSA) is 17.1 Å². The van der Waals surface area contributed by atoms with Gasteiger partial charge in [0.2, 0.25) is 0 Å². The van der Waals surface area contributed by atoms with Crippen molar-refractivity contribution in [2.45, 2.75) is 6.82 Å². The highest BCUT2D eigenvalue weighted by molar-refractivity contribution is 6.52. The molecule has 2 aromatic rings. The number of carbonyl (C=O) groups is 1. The summed E-state index contributed by atoms with van der Waals surface area (Å²) >= 11 is 0. The molecule has 17 heavy (non-hydrogen) atoms. The van der Waals surface area contributed by atoms with Gasteiger partial charge in [-0.2, -0.15) is 0 Å². The first-order valence-electron chi connectivity index (χ1n) is 5.91. The summed E-state index contributed by atoms with van der Waals surface area (Å²) in [6.45, 7) is 2.09. The molecule has 0 aliphatic carbocycles. The quantitative estimate of drug-likeness (QED) is 0.536. The Morgan fingerprint density at radius 2 is 1.71 bits per heavy atom. The normalized spacial score (nSPS) is 9.94. The molecule has 0 aromatic heterocycles. The number of ketones is 1. The van der Waals surface area contributed by atoms with Crippen molar-refractivity contribution in [2.24, 2.45) is 0 Å². The summed E-state index contributed by atoms with van der Waals surface area (Å²) in [5.41, 5.74) is 3.85. The molecule has 0 bridgehead atoms. The Bertz CT molecular complexity index is 549. The van der Waals surface area contributed by atoms with E-state index in [4.69, 9.17) is 0 Å². The molecule has 82 valence electrons. The van der Waals surface area contributed by atoms with Crippen LogP contribution in [0.4, 0.5) is 0 Å². The van der Waals surface area contributed by atoms with E-state index in [1.165, 1.54) is 5.46 Å². The molecule has 0 aliphatic rings. The minimum Gasteiger partial charge on any atom is -0.289 e. The predicted molar refractivity (Wildman–Crippen MR) is 77.1 cm³/mol. The fourth-order valence-corrected chi connectivity index (χ4v) is 1.89. The van der Waals surface area contributed by atoms with E-state index in [-0.39, 0.29) is 5.78 Å². The van der Waals surface area contributed by atoms with Crippen LogP contribution < -0.4 is 10.9 Å². The van der Waals surface area contributed by atoms with Gasteiger partial charge in [0.05, 0.1) is 0 Å². The number of hydrogen-bond acceptors (Lipinski definition) is 1. The van der Waals surface area contributed by atoms with Crippen LogP contribution in [0.25, 0.3) is 0 Å². The van der Waals surface area contributed by atoms with Gasteiger partial charge in [0.15, 0.2) is 13.1 Å². The van der Waals surface area contributed by atoms with Crippen LogP contribution in [0.3, 0.4) is 0 Å². The molecule has 0 saturated carbocycles. The Kier molecular flexibility index (Phi) is 3.48. The predicted octanol–water partition coefficient (Wildman–Crippen LogP) is 0.286. The fourth-order valence-electron chi connectivity index (χ4n) is 1.89. The minimum atomic E-state index is 0.101. The molecule has 2 rings (SSSR count). The average Bonchev–Trinajstić information content (AvgIpc) is 2.38. The van der Waals surface area contributed by atoms with Crippen LogP contribution in [0.2, 0.25) is 6.82 Å². The maximum atomic E-state index is 12.3. The highest BCUT2D eigenvalue weighted by atomic mass is 16.1. The van der Waals surface area contributed by atoms with E-state index in [0.29, 0.717) is 0 Å². The molecular formula is C14H14B2O. The van der Waals surface area contributed by atoms with Crippen molar-refractivity contribution in [1.29, 1.82) is 0 Å². The van der Waals surface area contributed by atoms with Gasteiger partial charge in [0.1, 0.15) is 7.85 Å². The number of carbonyl (C=O) groups excluding carboxylic acids is 1. The van der Waals surface area contributed by atoms with Crippen molar-refractivity contribution in [3.8, 4) is 0 Å². The van der Waals surface area contributed by atoms with Crippen LogP contribution in [0, 0.1) is 0 Å². The summed E-state index contributed by atoms with van der Waals surface area (Å²) in [6.07, 6.45) is 0. The lowest BCUT2D eigenvalue weighted by Gasteiger charge is -2.04. The molecular weight excluding hydrogens is 206 g/mol. The lowest BCUT2D eigenvalue weighted by Crippen LogP contribution is -2.14. The van der Waals surface area contributed by atoms with E-state index in [2.05, 4.69) is 6.82 Å². The van der Waals surface area contributed by atoms with Crippen LogP contribution >= 0.6 is 0 Å². The standard InChI is InChI=1S/C14H14B2O/c1-16-13-7-3-5-11(9-13)14(17)10-4-2-6-12(15)8-10/h2-9,16H,15H2,1H3. The SMILES string of the molecule is Bc1cccc(C(=O)c2cccc(BC)c2)c1. The fraction of sp³-hybridized carbons (Fsp3) is 0.0714. The Labute approximate surface area is 104 Å². The first-order chi connectivity index (χ1) is 8.20. The molecule has 0 amide bonds. The first kappa shape index (κ1) is 11.7. The van der Waals surface area contributed by atoms with Crippen LogP contribution in [0.5, 0.6) is 0 Å².